The number of nitrogens with zero attached hydrogens (tertiary/aromatic N) is 1. The molecule has 1 N–H and O–H groups in total. The molecule has 0 fully saturated rings. The molecule has 0 spiro atoms. The summed E-state index contributed by atoms with van der Waals surface area (Å²) in [6.07, 6.45) is 3.97. The lowest BCUT2D eigenvalue weighted by molar-refractivity contribution is -0.384. The smallest absolute Gasteiger partial charge is 0.271 e. The van der Waals surface area contributed by atoms with Gasteiger partial charge >= 0.3 is 0 Å². The number of nitrogens with one attached hydrogen (secondary N) is 1. The van der Waals surface area contributed by atoms with Crippen LogP contribution in [-0.4, -0.2) is 10.8 Å². The maximum Gasteiger partial charge on any atom is 0.271 e. The summed E-state index contributed by atoms with van der Waals surface area (Å²) in [6.45, 7) is 0. The van der Waals surface area contributed by atoms with Gasteiger partial charge in [-0.3, -0.25) is 14.9 Å². The molecule has 0 atom stereocenters. The number of carbonyl (C=O) groups is 1. The first-order valence-corrected chi connectivity index (χ1v) is 5.53. The van der Waals surface area contributed by atoms with Crippen LogP contribution in [0.3, 0.4) is 0 Å². The molecule has 0 saturated carbocycles. The van der Waals surface area contributed by atoms with Gasteiger partial charge in [-0.1, -0.05) is 0 Å². The average Bonchev–Trinajstić information content (AvgIpc) is 2.92. The summed E-state index contributed by atoms with van der Waals surface area (Å²) in [7, 11) is 0. The summed E-state index contributed by atoms with van der Waals surface area (Å²) < 4.78 is 18.4. The van der Waals surface area contributed by atoms with Gasteiger partial charge in [0.15, 0.2) is 0 Å². The van der Waals surface area contributed by atoms with Gasteiger partial charge in [-0.15, -0.1) is 0 Å². The lowest BCUT2D eigenvalue weighted by Gasteiger charge is -2.03. The van der Waals surface area contributed by atoms with Crippen LogP contribution in [0.2, 0.25) is 0 Å². The van der Waals surface area contributed by atoms with Gasteiger partial charge in [-0.2, -0.15) is 0 Å². The zero-order valence-corrected chi connectivity index (χ0v) is 10.1. The summed E-state index contributed by atoms with van der Waals surface area (Å²) in [5.74, 6) is -0.921. The minimum absolute atomic E-state index is 0.256. The molecule has 102 valence electrons. The van der Waals surface area contributed by atoms with Crippen molar-refractivity contribution in [2.45, 2.75) is 0 Å². The van der Waals surface area contributed by atoms with E-state index in [-0.39, 0.29) is 11.4 Å². The van der Waals surface area contributed by atoms with Crippen molar-refractivity contribution in [2.24, 2.45) is 0 Å². The first-order chi connectivity index (χ1) is 9.56. The number of anilines is 1. The monoisotopic (exact) mass is 276 g/mol. The molecule has 0 radical (unpaired) electrons. The minimum atomic E-state index is -0.754. The van der Waals surface area contributed by atoms with Gasteiger partial charge in [0.25, 0.3) is 5.69 Å². The van der Waals surface area contributed by atoms with Gasteiger partial charge in [0.1, 0.15) is 11.6 Å². The van der Waals surface area contributed by atoms with Crippen LogP contribution in [0.25, 0.3) is 6.08 Å². The van der Waals surface area contributed by atoms with E-state index in [0.717, 1.165) is 24.3 Å². The predicted octanol–water partition coefficient (Wildman–Crippen LogP) is 2.98. The van der Waals surface area contributed by atoms with Gasteiger partial charge in [0.2, 0.25) is 5.91 Å². The van der Waals surface area contributed by atoms with Gasteiger partial charge in [-0.05, 0) is 24.3 Å². The lowest BCUT2D eigenvalue weighted by atomic mass is 10.2. The number of rotatable bonds is 4. The van der Waals surface area contributed by atoms with Crippen molar-refractivity contribution in [3.8, 4) is 0 Å². The molecule has 1 amide bonds. The minimum Gasteiger partial charge on any atom is -0.465 e. The summed E-state index contributed by atoms with van der Waals surface area (Å²) in [5, 5.41) is 12.8. The number of halogens is 1. The molecule has 1 heterocycles. The van der Waals surface area contributed by atoms with Crippen molar-refractivity contribution in [3.05, 3.63) is 64.4 Å². The number of nitro benzene ring substituents is 1. The maximum absolute atomic E-state index is 13.4. The summed E-state index contributed by atoms with van der Waals surface area (Å²) in [6, 6.07) is 6.18. The second kappa shape index (κ2) is 5.79. The zero-order valence-electron chi connectivity index (χ0n) is 10.1. The molecule has 2 aromatic rings. The van der Waals surface area contributed by atoms with Crippen LogP contribution < -0.4 is 5.32 Å². The van der Waals surface area contributed by atoms with Crippen LogP contribution in [0, 0.1) is 15.9 Å². The Hall–Kier alpha value is -2.96. The molecular weight excluding hydrogens is 267 g/mol. The third kappa shape index (κ3) is 3.29. The molecule has 0 bridgehead atoms. The van der Waals surface area contributed by atoms with E-state index in [2.05, 4.69) is 5.32 Å². The highest BCUT2D eigenvalue weighted by Crippen LogP contribution is 2.21. The van der Waals surface area contributed by atoms with E-state index in [9.17, 15) is 19.3 Å². The highest BCUT2D eigenvalue weighted by molar-refractivity contribution is 6.01. The lowest BCUT2D eigenvalue weighted by Crippen LogP contribution is -2.09. The molecule has 0 saturated heterocycles. The van der Waals surface area contributed by atoms with Crippen molar-refractivity contribution in [3.63, 3.8) is 0 Å². The number of benzene rings is 1. The van der Waals surface area contributed by atoms with Crippen LogP contribution in [0.5, 0.6) is 0 Å². The van der Waals surface area contributed by atoms with E-state index >= 15 is 0 Å². The topological polar surface area (TPSA) is 85.4 Å². The Morgan fingerprint density at radius 2 is 2.20 bits per heavy atom. The van der Waals surface area contributed by atoms with Crippen molar-refractivity contribution >= 4 is 23.4 Å². The maximum atomic E-state index is 13.4. The van der Waals surface area contributed by atoms with Crippen LogP contribution in [0.4, 0.5) is 15.8 Å². The fourth-order valence-corrected chi connectivity index (χ4v) is 1.44. The summed E-state index contributed by atoms with van der Waals surface area (Å²) >= 11 is 0. The van der Waals surface area contributed by atoms with E-state index in [4.69, 9.17) is 4.42 Å². The van der Waals surface area contributed by atoms with E-state index in [1.165, 1.54) is 12.3 Å². The van der Waals surface area contributed by atoms with Crippen molar-refractivity contribution in [2.75, 3.05) is 5.32 Å². The van der Waals surface area contributed by atoms with E-state index in [0.29, 0.717) is 5.76 Å². The Morgan fingerprint density at radius 3 is 2.85 bits per heavy atom. The summed E-state index contributed by atoms with van der Waals surface area (Å²) in [4.78, 5) is 21.5. The van der Waals surface area contributed by atoms with Crippen LogP contribution in [-0.2, 0) is 4.79 Å². The molecule has 6 nitrogen and oxygen atoms in total. The van der Waals surface area contributed by atoms with E-state index in [1.807, 2.05) is 0 Å². The summed E-state index contributed by atoms with van der Waals surface area (Å²) in [5.41, 5.74) is -0.565. The van der Waals surface area contributed by atoms with Crippen molar-refractivity contribution in [1.82, 2.24) is 0 Å². The predicted molar refractivity (Wildman–Crippen MR) is 69.4 cm³/mol. The van der Waals surface area contributed by atoms with Gasteiger partial charge < -0.3 is 9.73 Å². The number of hydrogen-bond acceptors (Lipinski definition) is 4. The van der Waals surface area contributed by atoms with Gasteiger partial charge in [0.05, 0.1) is 16.9 Å². The second-order valence-corrected chi connectivity index (χ2v) is 3.76. The third-order valence-corrected chi connectivity index (χ3v) is 2.36. The van der Waals surface area contributed by atoms with E-state index < -0.39 is 16.6 Å². The standard InChI is InChI=1S/C13H9FN2O4/c14-11-5-3-9(16(18)19)8-12(11)15-13(17)6-4-10-2-1-7-20-10/h1-8H,(H,15,17)/b6-4-. The SMILES string of the molecule is O=C(/C=C\c1ccco1)Nc1cc([N+](=O)[O-])ccc1F. The second-order valence-electron chi connectivity index (χ2n) is 3.76. The van der Waals surface area contributed by atoms with Gasteiger partial charge in [-0.25, -0.2) is 4.39 Å². The first-order valence-electron chi connectivity index (χ1n) is 5.53. The molecule has 2 rings (SSSR count). The Kier molecular flexibility index (Phi) is 3.90. The number of hydrogen-bond donors (Lipinski definition) is 1. The Morgan fingerprint density at radius 1 is 1.40 bits per heavy atom. The molecule has 0 aliphatic rings. The fraction of sp³-hybridized carbons (Fsp3) is 0. The molecule has 1 aromatic heterocycles. The molecule has 20 heavy (non-hydrogen) atoms. The molecule has 0 aliphatic carbocycles. The molecule has 1 aromatic carbocycles. The Balaban J connectivity index is 2.11. The average molecular weight is 276 g/mol. The highest BCUT2D eigenvalue weighted by atomic mass is 19.1. The van der Waals surface area contributed by atoms with E-state index in [1.54, 1.807) is 12.1 Å². The van der Waals surface area contributed by atoms with Gasteiger partial charge in [0, 0.05) is 18.2 Å². The van der Waals surface area contributed by atoms with Crippen LogP contribution >= 0.6 is 0 Å². The Bertz CT molecular complexity index is 665. The quantitative estimate of drug-likeness (QED) is 0.528. The van der Waals surface area contributed by atoms with Crippen molar-refractivity contribution < 1.29 is 18.5 Å². The van der Waals surface area contributed by atoms with Crippen molar-refractivity contribution in [1.29, 1.82) is 0 Å². The number of non-ortho nitro benzene ring substituents is 1. The number of amides is 1. The van der Waals surface area contributed by atoms with Crippen LogP contribution in [0.15, 0.2) is 47.1 Å². The largest absolute Gasteiger partial charge is 0.465 e. The molecule has 0 unspecified atom stereocenters. The number of nitro groups is 1. The highest BCUT2D eigenvalue weighted by Gasteiger charge is 2.11. The third-order valence-electron chi connectivity index (χ3n) is 2.36. The van der Waals surface area contributed by atoms with Crippen LogP contribution in [0.1, 0.15) is 5.76 Å². The molecule has 0 aliphatic heterocycles. The zero-order chi connectivity index (χ0) is 14.5. The number of furan rings is 1. The number of carbonyl (C=O) groups excluding carboxylic acids is 1. The molecular formula is C13H9FN2O4. The fourth-order valence-electron chi connectivity index (χ4n) is 1.44. The Labute approximate surface area is 112 Å². The first kappa shape index (κ1) is 13.5. The molecule has 7 heteroatoms. The normalized spacial score (nSPS) is 10.7.